The largest absolute Gasteiger partial charge is 0.381 e. The molecule has 0 radical (unpaired) electrons. The predicted molar refractivity (Wildman–Crippen MR) is 134 cm³/mol. The van der Waals surface area contributed by atoms with Gasteiger partial charge in [0.05, 0.1) is 13.2 Å². The Morgan fingerprint density at radius 1 is 1.00 bits per heavy atom. The van der Waals surface area contributed by atoms with Gasteiger partial charge < -0.3 is 10.1 Å². The molecule has 33 heavy (non-hydrogen) atoms. The molecule has 1 aromatic heterocycles. The summed E-state index contributed by atoms with van der Waals surface area (Å²) in [4.78, 5) is 0. The van der Waals surface area contributed by atoms with Crippen molar-refractivity contribution in [1.29, 1.82) is 0 Å². The third-order valence-electron chi connectivity index (χ3n) is 5.73. The van der Waals surface area contributed by atoms with Gasteiger partial charge in [-0.05, 0) is 48.7 Å². The summed E-state index contributed by atoms with van der Waals surface area (Å²) in [6.45, 7) is 7.31. The third-order valence-corrected chi connectivity index (χ3v) is 5.98. The van der Waals surface area contributed by atoms with Crippen molar-refractivity contribution < 1.29 is 9.30 Å². The van der Waals surface area contributed by atoms with Crippen LogP contribution in [0.4, 0.5) is 5.69 Å². The number of hydrogen-bond donors (Lipinski definition) is 1. The number of hydrogen-bond acceptors (Lipinski definition) is 2. The molecule has 0 aliphatic rings. The molecule has 1 unspecified atom stereocenters. The monoisotopic (exact) mass is 460 g/mol. The zero-order chi connectivity index (χ0) is 23.0. The van der Waals surface area contributed by atoms with Crippen LogP contribution < -0.4 is 9.88 Å². The van der Waals surface area contributed by atoms with Crippen molar-refractivity contribution in [3.8, 4) is 0 Å². The van der Waals surface area contributed by atoms with Gasteiger partial charge in [0.1, 0.15) is 31.6 Å². The number of imidazole rings is 1. The summed E-state index contributed by atoms with van der Waals surface area (Å²) < 4.78 is 10.7. The maximum atomic E-state index is 6.34. The van der Waals surface area contributed by atoms with Crippen LogP contribution in [0, 0.1) is 13.8 Å². The summed E-state index contributed by atoms with van der Waals surface area (Å²) in [6, 6.07) is 24.7. The lowest BCUT2D eigenvalue weighted by Crippen LogP contribution is -2.35. The molecule has 1 N–H and O–H groups in total. The minimum atomic E-state index is -0.0453. The first kappa shape index (κ1) is 23.1. The molecule has 0 bridgehead atoms. The Kier molecular flexibility index (Phi) is 7.82. The number of anilines is 1. The molecule has 0 amide bonds. The first-order valence-electron chi connectivity index (χ1n) is 11.3. The van der Waals surface area contributed by atoms with Crippen LogP contribution in [-0.2, 0) is 24.4 Å². The zero-order valence-electron chi connectivity index (χ0n) is 19.2. The molecule has 0 spiro atoms. The van der Waals surface area contributed by atoms with Gasteiger partial charge in [-0.2, -0.15) is 0 Å². The van der Waals surface area contributed by atoms with Crippen LogP contribution in [0.1, 0.15) is 28.4 Å². The fraction of sp³-hybridized carbons (Fsp3) is 0.250. The normalized spacial score (nSPS) is 12.0. The van der Waals surface area contributed by atoms with Gasteiger partial charge in [0.25, 0.3) is 0 Å². The van der Waals surface area contributed by atoms with E-state index in [-0.39, 0.29) is 6.10 Å². The number of benzene rings is 3. The fourth-order valence-corrected chi connectivity index (χ4v) is 4.03. The van der Waals surface area contributed by atoms with E-state index >= 15 is 0 Å². The van der Waals surface area contributed by atoms with Gasteiger partial charge in [-0.15, -0.1) is 0 Å². The number of ether oxygens (including phenoxy) is 1. The van der Waals surface area contributed by atoms with Crippen LogP contribution in [0.5, 0.6) is 0 Å². The summed E-state index contributed by atoms with van der Waals surface area (Å²) in [7, 11) is 0. The standard InChI is InChI=1S/C28H31ClN3O/c1-22-8-13-27(23(2)18-22)30-14-15-31-16-17-32(21-31)19-28(25-6-4-3-5-7-25)33-20-24-9-11-26(29)12-10-24/h3-13,16-18,21,28,30H,14-15,19-20H2,1-2H3/q+1. The quantitative estimate of drug-likeness (QED) is 0.289. The summed E-state index contributed by atoms with van der Waals surface area (Å²) in [6.07, 6.45) is 6.32. The predicted octanol–water partition coefficient (Wildman–Crippen LogP) is 6.12. The van der Waals surface area contributed by atoms with Crippen molar-refractivity contribution in [3.05, 3.63) is 119 Å². The molecule has 4 nitrogen and oxygen atoms in total. The van der Waals surface area contributed by atoms with E-state index in [1.807, 2.05) is 30.3 Å². The van der Waals surface area contributed by atoms with E-state index in [1.165, 1.54) is 22.4 Å². The van der Waals surface area contributed by atoms with E-state index in [0.717, 1.165) is 30.2 Å². The average Bonchev–Trinajstić information content (AvgIpc) is 3.27. The highest BCUT2D eigenvalue weighted by Gasteiger charge is 2.17. The molecule has 3 aromatic carbocycles. The molecule has 0 aliphatic heterocycles. The molecular formula is C28H31ClN3O+. The lowest BCUT2D eigenvalue weighted by molar-refractivity contribution is -0.704. The van der Waals surface area contributed by atoms with E-state index in [2.05, 4.69) is 89.5 Å². The molecule has 0 saturated carbocycles. The Hall–Kier alpha value is -3.08. The SMILES string of the molecule is Cc1ccc(NCCn2cc[n+](CC(OCc3ccc(Cl)cc3)c3ccccc3)c2)c(C)c1. The second kappa shape index (κ2) is 11.2. The second-order valence-corrected chi connectivity index (χ2v) is 8.87. The van der Waals surface area contributed by atoms with Crippen molar-refractivity contribution in [2.24, 2.45) is 0 Å². The molecular weight excluding hydrogens is 430 g/mol. The smallest absolute Gasteiger partial charge is 0.243 e. The minimum Gasteiger partial charge on any atom is -0.381 e. The average molecular weight is 461 g/mol. The molecule has 0 saturated heterocycles. The maximum Gasteiger partial charge on any atom is 0.243 e. The van der Waals surface area contributed by atoms with Crippen molar-refractivity contribution in [3.63, 3.8) is 0 Å². The highest BCUT2D eigenvalue weighted by Crippen LogP contribution is 2.20. The van der Waals surface area contributed by atoms with Gasteiger partial charge in [0, 0.05) is 10.7 Å². The van der Waals surface area contributed by atoms with Crippen LogP contribution in [0.3, 0.4) is 0 Å². The third kappa shape index (κ3) is 6.70. The zero-order valence-corrected chi connectivity index (χ0v) is 20.0. The molecule has 5 heteroatoms. The number of aromatic nitrogens is 2. The molecule has 0 aliphatic carbocycles. The van der Waals surface area contributed by atoms with Gasteiger partial charge in [0.2, 0.25) is 6.33 Å². The highest BCUT2D eigenvalue weighted by atomic mass is 35.5. The maximum absolute atomic E-state index is 6.34. The number of nitrogens with zero attached hydrogens (tertiary/aromatic N) is 2. The Morgan fingerprint density at radius 2 is 1.79 bits per heavy atom. The summed E-state index contributed by atoms with van der Waals surface area (Å²) in [5.74, 6) is 0. The van der Waals surface area contributed by atoms with Crippen molar-refractivity contribution in [1.82, 2.24) is 4.57 Å². The number of nitrogens with one attached hydrogen (secondary N) is 1. The first-order chi connectivity index (χ1) is 16.1. The molecule has 1 atom stereocenters. The molecule has 170 valence electrons. The molecule has 4 aromatic rings. The Morgan fingerprint density at radius 3 is 2.55 bits per heavy atom. The second-order valence-electron chi connectivity index (χ2n) is 8.43. The molecule has 0 fully saturated rings. The Balaban J connectivity index is 1.36. The summed E-state index contributed by atoms with van der Waals surface area (Å²) in [5, 5.41) is 4.28. The van der Waals surface area contributed by atoms with Crippen molar-refractivity contribution in [2.45, 2.75) is 39.6 Å². The lowest BCUT2D eigenvalue weighted by atomic mass is 10.1. The van der Waals surface area contributed by atoms with E-state index in [4.69, 9.17) is 16.3 Å². The van der Waals surface area contributed by atoms with Crippen LogP contribution in [0.15, 0.2) is 91.5 Å². The number of aryl methyl sites for hydroxylation is 2. The number of rotatable bonds is 10. The summed E-state index contributed by atoms with van der Waals surface area (Å²) >= 11 is 6.01. The van der Waals surface area contributed by atoms with Gasteiger partial charge in [-0.1, -0.05) is 71.8 Å². The van der Waals surface area contributed by atoms with Gasteiger partial charge in [-0.25, -0.2) is 9.13 Å². The van der Waals surface area contributed by atoms with E-state index in [1.54, 1.807) is 0 Å². The topological polar surface area (TPSA) is 30.1 Å². The minimum absolute atomic E-state index is 0.0453. The van der Waals surface area contributed by atoms with E-state index in [9.17, 15) is 0 Å². The van der Waals surface area contributed by atoms with E-state index in [0.29, 0.717) is 6.61 Å². The first-order valence-corrected chi connectivity index (χ1v) is 11.7. The van der Waals surface area contributed by atoms with Crippen LogP contribution in [0.25, 0.3) is 0 Å². The fourth-order valence-electron chi connectivity index (χ4n) is 3.90. The number of halogens is 1. The van der Waals surface area contributed by atoms with Crippen molar-refractivity contribution in [2.75, 3.05) is 11.9 Å². The molecule has 1 heterocycles. The van der Waals surface area contributed by atoms with Crippen LogP contribution >= 0.6 is 11.6 Å². The molecule has 4 rings (SSSR count). The summed E-state index contributed by atoms with van der Waals surface area (Å²) in [5.41, 5.74) is 6.04. The van der Waals surface area contributed by atoms with Gasteiger partial charge in [-0.3, -0.25) is 0 Å². The lowest BCUT2D eigenvalue weighted by Gasteiger charge is -2.17. The van der Waals surface area contributed by atoms with Crippen molar-refractivity contribution >= 4 is 17.3 Å². The Labute approximate surface area is 201 Å². The van der Waals surface area contributed by atoms with E-state index < -0.39 is 0 Å². The van der Waals surface area contributed by atoms with Gasteiger partial charge in [0.15, 0.2) is 0 Å². The van der Waals surface area contributed by atoms with Crippen LogP contribution in [0.2, 0.25) is 5.02 Å². The Bertz CT molecular complexity index is 1160. The van der Waals surface area contributed by atoms with Crippen LogP contribution in [-0.4, -0.2) is 11.1 Å². The van der Waals surface area contributed by atoms with Gasteiger partial charge >= 0.3 is 0 Å². The highest BCUT2D eigenvalue weighted by molar-refractivity contribution is 6.30.